The fraction of sp³-hybridized carbons (Fsp3) is 0.833. The van der Waals surface area contributed by atoms with Crippen molar-refractivity contribution in [3.05, 3.63) is 0 Å². The van der Waals surface area contributed by atoms with Gasteiger partial charge in [0, 0.05) is 0 Å². The molecule has 0 saturated heterocycles. The maximum Gasteiger partial charge on any atom is 0.368 e. The van der Waals surface area contributed by atoms with Gasteiger partial charge >= 0.3 is 11.3 Å². The number of ether oxygens (including phenoxy) is 2. The van der Waals surface area contributed by atoms with Gasteiger partial charge in [0.1, 0.15) is 10.9 Å². The Labute approximate surface area is 107 Å². The maximum atomic E-state index is 11.8. The van der Waals surface area contributed by atoms with Gasteiger partial charge in [0.25, 0.3) is 0 Å². The molecule has 4 nitrogen and oxygen atoms in total. The zero-order chi connectivity index (χ0) is 13.6. The number of esters is 1. The second-order valence-electron chi connectivity index (χ2n) is 4.96. The number of hydrogen-bond acceptors (Lipinski definition) is 5. The molecule has 0 aromatic carbocycles. The predicted molar refractivity (Wildman–Crippen MR) is 69.1 cm³/mol. The summed E-state index contributed by atoms with van der Waals surface area (Å²) < 4.78 is 10.2. The minimum Gasteiger partial charge on any atom is -0.459 e. The fourth-order valence-corrected chi connectivity index (χ4v) is 1.79. The Kier molecular flexibility index (Phi) is 6.60. The number of thioether (sulfide) groups is 1. The van der Waals surface area contributed by atoms with Crippen molar-refractivity contribution in [1.82, 2.24) is 0 Å². The highest BCUT2D eigenvalue weighted by Gasteiger charge is 2.27. The van der Waals surface area contributed by atoms with Crippen LogP contribution in [-0.4, -0.2) is 28.2 Å². The molecule has 17 heavy (non-hydrogen) atoms. The van der Waals surface area contributed by atoms with E-state index in [0.29, 0.717) is 6.42 Å². The van der Waals surface area contributed by atoms with Crippen LogP contribution in [0.3, 0.4) is 0 Å². The summed E-state index contributed by atoms with van der Waals surface area (Å²) >= 11 is 0.886. The van der Waals surface area contributed by atoms with Crippen LogP contribution in [0.25, 0.3) is 0 Å². The summed E-state index contributed by atoms with van der Waals surface area (Å²) in [6.45, 7) is 10.8. The predicted octanol–water partition coefficient (Wildman–Crippen LogP) is 3.38. The van der Waals surface area contributed by atoms with Crippen molar-refractivity contribution in [1.29, 1.82) is 0 Å². The van der Waals surface area contributed by atoms with Gasteiger partial charge in [0.15, 0.2) is 0 Å². The number of carbonyl (C=O) groups is 2. The van der Waals surface area contributed by atoms with Crippen molar-refractivity contribution < 1.29 is 19.1 Å². The first kappa shape index (κ1) is 16.3. The van der Waals surface area contributed by atoms with Crippen LogP contribution in [-0.2, 0) is 14.3 Å². The summed E-state index contributed by atoms with van der Waals surface area (Å²) in [5, 5.41) is -0.932. The van der Waals surface area contributed by atoms with Crippen LogP contribution in [0.5, 0.6) is 0 Å². The molecule has 100 valence electrons. The Bertz CT molecular complexity index is 268. The minimum atomic E-state index is -0.535. The highest BCUT2D eigenvalue weighted by molar-refractivity contribution is 8.14. The monoisotopic (exact) mass is 262 g/mol. The second-order valence-corrected chi connectivity index (χ2v) is 6.10. The lowest BCUT2D eigenvalue weighted by molar-refractivity contribution is -0.154. The Balaban J connectivity index is 4.33. The zero-order valence-corrected chi connectivity index (χ0v) is 12.2. The SMILES string of the molecule is CCC(SC(=O)OC(C)C)C(=O)OC(C)(C)C. The molecule has 0 rings (SSSR count). The third kappa shape index (κ3) is 8.07. The Morgan fingerprint density at radius 2 is 1.76 bits per heavy atom. The lowest BCUT2D eigenvalue weighted by atomic mass is 10.2. The molecule has 0 amide bonds. The fourth-order valence-electron chi connectivity index (χ4n) is 1.00. The number of carbonyl (C=O) groups excluding carboxylic acids is 2. The molecule has 0 aliphatic heterocycles. The van der Waals surface area contributed by atoms with E-state index in [1.165, 1.54) is 0 Å². The van der Waals surface area contributed by atoms with Crippen LogP contribution >= 0.6 is 11.8 Å². The van der Waals surface area contributed by atoms with Gasteiger partial charge in [-0.3, -0.25) is 4.79 Å². The summed E-state index contributed by atoms with van der Waals surface area (Å²) in [6.07, 6.45) is 0.360. The van der Waals surface area contributed by atoms with Gasteiger partial charge in [0.2, 0.25) is 0 Å². The van der Waals surface area contributed by atoms with E-state index >= 15 is 0 Å². The highest BCUT2D eigenvalue weighted by atomic mass is 32.2. The van der Waals surface area contributed by atoms with E-state index in [2.05, 4.69) is 0 Å². The van der Waals surface area contributed by atoms with Crippen LogP contribution in [0.1, 0.15) is 48.0 Å². The van der Waals surface area contributed by atoms with Gasteiger partial charge in [-0.15, -0.1) is 0 Å². The lowest BCUT2D eigenvalue weighted by Gasteiger charge is -2.22. The van der Waals surface area contributed by atoms with Crippen molar-refractivity contribution in [3.8, 4) is 0 Å². The third-order valence-corrected chi connectivity index (χ3v) is 2.71. The summed E-state index contributed by atoms with van der Waals surface area (Å²) in [6, 6.07) is 0. The van der Waals surface area contributed by atoms with E-state index in [0.717, 1.165) is 11.8 Å². The summed E-state index contributed by atoms with van der Waals surface area (Å²) in [5.74, 6) is -0.370. The Morgan fingerprint density at radius 1 is 1.24 bits per heavy atom. The van der Waals surface area contributed by atoms with E-state index in [1.807, 2.05) is 6.92 Å². The summed E-state index contributed by atoms with van der Waals surface area (Å²) in [7, 11) is 0. The molecule has 0 aromatic rings. The van der Waals surface area contributed by atoms with Crippen LogP contribution < -0.4 is 0 Å². The lowest BCUT2D eigenvalue weighted by Crippen LogP contribution is -2.30. The summed E-state index contributed by atoms with van der Waals surface area (Å²) in [5.41, 5.74) is -0.535. The van der Waals surface area contributed by atoms with Crippen molar-refractivity contribution in [2.45, 2.75) is 64.9 Å². The van der Waals surface area contributed by atoms with Crippen molar-refractivity contribution in [3.63, 3.8) is 0 Å². The largest absolute Gasteiger partial charge is 0.459 e. The zero-order valence-electron chi connectivity index (χ0n) is 11.4. The molecular formula is C12H22O4S. The second kappa shape index (κ2) is 6.89. The third-order valence-electron chi connectivity index (χ3n) is 1.61. The molecule has 0 radical (unpaired) electrons. The molecule has 0 saturated carbocycles. The molecule has 0 aromatic heterocycles. The summed E-state index contributed by atoms with van der Waals surface area (Å²) in [4.78, 5) is 23.2. The minimum absolute atomic E-state index is 0.175. The molecule has 0 N–H and O–H groups in total. The van der Waals surface area contributed by atoms with E-state index < -0.39 is 16.2 Å². The average Bonchev–Trinajstić information content (AvgIpc) is 2.09. The van der Waals surface area contributed by atoms with Gasteiger partial charge in [0.05, 0.1) is 6.10 Å². The maximum absolute atomic E-state index is 11.8. The number of rotatable bonds is 4. The molecule has 1 unspecified atom stereocenters. The molecule has 1 atom stereocenters. The van der Waals surface area contributed by atoms with Crippen LogP contribution in [0.15, 0.2) is 0 Å². The number of hydrogen-bond donors (Lipinski definition) is 0. The Morgan fingerprint density at radius 3 is 2.12 bits per heavy atom. The van der Waals surface area contributed by atoms with Gasteiger partial charge in [-0.25, -0.2) is 4.79 Å². The van der Waals surface area contributed by atoms with E-state index in [4.69, 9.17) is 9.47 Å². The quantitative estimate of drug-likeness (QED) is 0.727. The van der Waals surface area contributed by atoms with Gasteiger partial charge in [-0.05, 0) is 52.8 Å². The van der Waals surface area contributed by atoms with Crippen molar-refractivity contribution in [2.24, 2.45) is 0 Å². The standard InChI is InChI=1S/C12H22O4S/c1-7-9(10(13)16-12(4,5)6)17-11(14)15-8(2)3/h8-9H,7H2,1-6H3. The van der Waals surface area contributed by atoms with Crippen molar-refractivity contribution >= 4 is 23.0 Å². The van der Waals surface area contributed by atoms with Gasteiger partial charge < -0.3 is 9.47 Å². The smallest absolute Gasteiger partial charge is 0.368 e. The van der Waals surface area contributed by atoms with Crippen LogP contribution in [0.2, 0.25) is 0 Å². The van der Waals surface area contributed by atoms with E-state index in [-0.39, 0.29) is 12.1 Å². The van der Waals surface area contributed by atoms with Gasteiger partial charge in [-0.2, -0.15) is 0 Å². The first-order valence-electron chi connectivity index (χ1n) is 5.75. The first-order chi connectivity index (χ1) is 7.65. The average molecular weight is 262 g/mol. The molecule has 0 bridgehead atoms. The molecule has 0 spiro atoms. The highest BCUT2D eigenvalue weighted by Crippen LogP contribution is 2.22. The topological polar surface area (TPSA) is 52.6 Å². The normalized spacial score (nSPS) is 13.4. The Hall–Kier alpha value is -0.710. The van der Waals surface area contributed by atoms with Crippen molar-refractivity contribution in [2.75, 3.05) is 0 Å². The van der Waals surface area contributed by atoms with Gasteiger partial charge in [-0.1, -0.05) is 6.92 Å². The molecule has 0 fully saturated rings. The van der Waals surface area contributed by atoms with E-state index in [1.54, 1.807) is 34.6 Å². The molecule has 0 heterocycles. The molecule has 0 aliphatic carbocycles. The molecular weight excluding hydrogens is 240 g/mol. The van der Waals surface area contributed by atoms with E-state index in [9.17, 15) is 9.59 Å². The molecule has 0 aliphatic rings. The van der Waals surface area contributed by atoms with Crippen LogP contribution in [0, 0.1) is 0 Å². The first-order valence-corrected chi connectivity index (χ1v) is 6.63. The van der Waals surface area contributed by atoms with Crippen LogP contribution in [0.4, 0.5) is 4.79 Å². The molecule has 5 heteroatoms.